The molecule has 2 saturated carbocycles. The van der Waals surface area contributed by atoms with Gasteiger partial charge in [-0.15, -0.1) is 0 Å². The second kappa shape index (κ2) is 10.9. The van der Waals surface area contributed by atoms with E-state index in [1.54, 1.807) is 24.3 Å². The largest absolute Gasteiger partial charge is 0.364 e. The number of nitrogens with two attached hydrogens (primary N) is 1. The van der Waals surface area contributed by atoms with Crippen LogP contribution in [-0.4, -0.2) is 57.1 Å². The van der Waals surface area contributed by atoms with Gasteiger partial charge in [0.05, 0.1) is 17.1 Å². The molecule has 1 heterocycles. The van der Waals surface area contributed by atoms with Gasteiger partial charge in [0, 0.05) is 35.3 Å². The molecule has 2 aliphatic carbocycles. The number of primary amides is 1. The first-order valence-corrected chi connectivity index (χ1v) is 12.9. The van der Waals surface area contributed by atoms with Gasteiger partial charge in [-0.05, 0) is 49.9 Å². The third-order valence-electron chi connectivity index (χ3n) is 6.57. The first-order valence-electron chi connectivity index (χ1n) is 12.6. The molecule has 2 fully saturated rings. The van der Waals surface area contributed by atoms with Crippen molar-refractivity contribution in [2.45, 2.75) is 50.9 Å². The Bertz CT molecular complexity index is 1470. The highest BCUT2D eigenvalue weighted by Crippen LogP contribution is 2.28. The van der Waals surface area contributed by atoms with E-state index in [0.29, 0.717) is 16.6 Å². The Labute approximate surface area is 227 Å². The number of nitrogens with one attached hydrogen (secondary N) is 3. The van der Waals surface area contributed by atoms with E-state index in [9.17, 15) is 23.6 Å². The Kier molecular flexibility index (Phi) is 7.38. The molecule has 2 aliphatic rings. The quantitative estimate of drug-likeness (QED) is 0.303. The fraction of sp³-hybridized carbons (Fsp3) is 0.346. The number of benzene rings is 2. The zero-order valence-electron chi connectivity index (χ0n) is 20.9. The van der Waals surface area contributed by atoms with E-state index in [1.807, 2.05) is 0 Å². The summed E-state index contributed by atoms with van der Waals surface area (Å²) >= 11 is 5.80. The van der Waals surface area contributed by atoms with E-state index in [2.05, 4.69) is 21.0 Å². The van der Waals surface area contributed by atoms with Gasteiger partial charge in [0.25, 0.3) is 5.91 Å². The van der Waals surface area contributed by atoms with Gasteiger partial charge in [0.2, 0.25) is 11.8 Å². The summed E-state index contributed by atoms with van der Waals surface area (Å²) in [6, 6.07) is 9.12. The number of fused-ring (bicyclic) bond motifs is 1. The van der Waals surface area contributed by atoms with Crippen molar-refractivity contribution in [1.29, 1.82) is 0 Å². The molecule has 0 aliphatic heterocycles. The van der Waals surface area contributed by atoms with E-state index in [-0.39, 0.29) is 59.9 Å². The van der Waals surface area contributed by atoms with Gasteiger partial charge >= 0.3 is 6.03 Å². The molecular weight excluding hydrogens is 529 g/mol. The molecule has 0 bridgehead atoms. The van der Waals surface area contributed by atoms with Gasteiger partial charge in [-0.2, -0.15) is 5.10 Å². The van der Waals surface area contributed by atoms with Crippen LogP contribution in [0.1, 0.15) is 41.7 Å². The predicted molar refractivity (Wildman–Crippen MR) is 141 cm³/mol. The molecule has 5 rings (SSSR count). The fourth-order valence-corrected chi connectivity index (χ4v) is 4.45. The monoisotopic (exact) mass is 555 g/mol. The van der Waals surface area contributed by atoms with Gasteiger partial charge in [-0.25, -0.2) is 9.18 Å². The van der Waals surface area contributed by atoms with Crippen molar-refractivity contribution in [3.8, 4) is 0 Å². The predicted octanol–water partition coefficient (Wildman–Crippen LogP) is 2.52. The number of anilines is 1. The minimum absolute atomic E-state index is 0.0386. The van der Waals surface area contributed by atoms with E-state index in [0.717, 1.165) is 25.7 Å². The summed E-state index contributed by atoms with van der Waals surface area (Å²) < 4.78 is 15.5. The lowest BCUT2D eigenvalue weighted by Crippen LogP contribution is -2.43. The van der Waals surface area contributed by atoms with E-state index < -0.39 is 17.6 Å². The molecule has 204 valence electrons. The molecule has 11 nitrogen and oxygen atoms in total. The average Bonchev–Trinajstić information content (AvgIpc) is 3.83. The molecule has 39 heavy (non-hydrogen) atoms. The second-order valence-electron chi connectivity index (χ2n) is 9.72. The lowest BCUT2D eigenvalue weighted by molar-refractivity contribution is -0.137. The summed E-state index contributed by atoms with van der Waals surface area (Å²) in [6.07, 6.45) is 3.40. The third-order valence-corrected chi connectivity index (χ3v) is 6.86. The van der Waals surface area contributed by atoms with Gasteiger partial charge in [-0.1, -0.05) is 23.7 Å². The molecule has 3 aromatic rings. The fourth-order valence-electron chi connectivity index (χ4n) is 4.26. The molecule has 0 spiro atoms. The summed E-state index contributed by atoms with van der Waals surface area (Å²) in [5, 5.41) is 12.8. The standard InChI is InChI=1S/C26H27ClFN7O4/c27-19-3-1-2-14(23(19)28)11-30-21(36)12-34(17-7-8-17)22(37)13-35-20-9-6-16(32-26(39)31-15-4-5-15)10-18(20)24(33-35)25(29)38/h1-3,6,9-10,15,17H,4-5,7-8,11-13H2,(H2,29,38)(H,30,36)(H2,31,32,39). The maximum absolute atomic E-state index is 14.1. The highest BCUT2D eigenvalue weighted by molar-refractivity contribution is 6.30. The second-order valence-corrected chi connectivity index (χ2v) is 10.1. The molecule has 5 amide bonds. The molecule has 2 aromatic carbocycles. The molecule has 1 aromatic heterocycles. The summed E-state index contributed by atoms with van der Waals surface area (Å²) in [5.41, 5.74) is 6.66. The van der Waals surface area contributed by atoms with E-state index in [4.69, 9.17) is 17.3 Å². The van der Waals surface area contributed by atoms with Crippen LogP contribution in [0.2, 0.25) is 5.02 Å². The van der Waals surface area contributed by atoms with Crippen molar-refractivity contribution in [1.82, 2.24) is 25.3 Å². The molecule has 0 unspecified atom stereocenters. The Hall–Kier alpha value is -4.19. The zero-order valence-corrected chi connectivity index (χ0v) is 21.6. The van der Waals surface area contributed by atoms with E-state index >= 15 is 0 Å². The number of hydrogen-bond donors (Lipinski definition) is 4. The van der Waals surface area contributed by atoms with Crippen LogP contribution in [0.25, 0.3) is 10.9 Å². The van der Waals surface area contributed by atoms with Crippen molar-refractivity contribution < 1.29 is 23.6 Å². The van der Waals surface area contributed by atoms with Crippen molar-refractivity contribution >= 4 is 51.9 Å². The maximum atomic E-state index is 14.1. The highest BCUT2D eigenvalue weighted by atomic mass is 35.5. The number of rotatable bonds is 10. The van der Waals surface area contributed by atoms with Gasteiger partial charge < -0.3 is 26.6 Å². The maximum Gasteiger partial charge on any atom is 0.319 e. The first kappa shape index (κ1) is 26.4. The summed E-state index contributed by atoms with van der Waals surface area (Å²) in [6.45, 7) is -0.512. The normalized spacial score (nSPS) is 14.6. The van der Waals surface area contributed by atoms with Crippen molar-refractivity contribution in [3.63, 3.8) is 0 Å². The topological polar surface area (TPSA) is 151 Å². The van der Waals surface area contributed by atoms with Crippen LogP contribution in [0.3, 0.4) is 0 Å². The molecular formula is C26H27ClFN7O4. The first-order chi connectivity index (χ1) is 18.7. The highest BCUT2D eigenvalue weighted by Gasteiger charge is 2.34. The summed E-state index contributed by atoms with van der Waals surface area (Å²) in [4.78, 5) is 51.6. The van der Waals surface area contributed by atoms with Crippen LogP contribution in [-0.2, 0) is 22.7 Å². The summed E-state index contributed by atoms with van der Waals surface area (Å²) in [7, 11) is 0. The van der Waals surface area contributed by atoms with Gasteiger partial charge in [0.15, 0.2) is 5.69 Å². The number of urea groups is 1. The van der Waals surface area contributed by atoms with Crippen molar-refractivity contribution in [2.75, 3.05) is 11.9 Å². The number of carbonyl (C=O) groups excluding carboxylic acids is 4. The third kappa shape index (κ3) is 6.28. The van der Waals surface area contributed by atoms with Crippen LogP contribution in [0, 0.1) is 5.82 Å². The van der Waals surface area contributed by atoms with Gasteiger partial charge in [0.1, 0.15) is 12.4 Å². The minimum atomic E-state index is -0.780. The van der Waals surface area contributed by atoms with Crippen LogP contribution in [0.15, 0.2) is 36.4 Å². The molecule has 0 saturated heterocycles. The van der Waals surface area contributed by atoms with Crippen molar-refractivity contribution in [3.05, 3.63) is 58.5 Å². The average molecular weight is 556 g/mol. The number of nitrogens with zero attached hydrogens (tertiary/aromatic N) is 3. The number of aromatic nitrogens is 2. The SMILES string of the molecule is NC(=O)c1nn(CC(=O)N(CC(=O)NCc2cccc(Cl)c2F)C2CC2)c2ccc(NC(=O)NC3CC3)cc12. The van der Waals surface area contributed by atoms with Crippen molar-refractivity contribution in [2.24, 2.45) is 5.73 Å². The van der Waals surface area contributed by atoms with Crippen LogP contribution in [0.4, 0.5) is 14.9 Å². The van der Waals surface area contributed by atoms with Gasteiger partial charge in [-0.3, -0.25) is 19.1 Å². The Morgan fingerprint density at radius 3 is 2.59 bits per heavy atom. The van der Waals surface area contributed by atoms with E-state index in [1.165, 1.54) is 21.7 Å². The lowest BCUT2D eigenvalue weighted by atomic mass is 10.2. The zero-order chi connectivity index (χ0) is 27.7. The molecule has 0 radical (unpaired) electrons. The number of hydrogen-bond acceptors (Lipinski definition) is 5. The lowest BCUT2D eigenvalue weighted by Gasteiger charge is -2.22. The van der Waals surface area contributed by atoms with Crippen LogP contribution in [0.5, 0.6) is 0 Å². The Balaban J connectivity index is 1.28. The minimum Gasteiger partial charge on any atom is -0.364 e. The molecule has 0 atom stereocenters. The Morgan fingerprint density at radius 1 is 1.13 bits per heavy atom. The van der Waals surface area contributed by atoms with Crippen LogP contribution < -0.4 is 21.7 Å². The Morgan fingerprint density at radius 2 is 1.90 bits per heavy atom. The summed E-state index contributed by atoms with van der Waals surface area (Å²) in [5.74, 6) is -2.20. The number of carbonyl (C=O) groups is 4. The smallest absolute Gasteiger partial charge is 0.319 e. The molecule has 13 heteroatoms. The van der Waals surface area contributed by atoms with Crippen LogP contribution >= 0.6 is 11.6 Å². The molecule has 5 N–H and O–H groups in total. The number of amides is 5. The number of halogens is 2.